The molecule has 0 aromatic heterocycles. The third-order valence-electron chi connectivity index (χ3n) is 5.86. The highest BCUT2D eigenvalue weighted by molar-refractivity contribution is 8.09. The molecule has 3 aromatic carbocycles. The summed E-state index contributed by atoms with van der Waals surface area (Å²) in [6, 6.07) is 29.0. The number of carbonyl (C=O) groups is 1. The van der Waals surface area contributed by atoms with Crippen LogP contribution < -0.4 is 10.6 Å². The summed E-state index contributed by atoms with van der Waals surface area (Å²) >= 11 is 0. The Bertz CT molecular complexity index is 988. The number of allylic oxidation sites excluding steroid dienone is 1. The largest absolute Gasteiger partial charge is 0.394 e. The van der Waals surface area contributed by atoms with Crippen LogP contribution in [0.25, 0.3) is 0 Å². The van der Waals surface area contributed by atoms with Crippen molar-refractivity contribution < 1.29 is 9.90 Å². The zero-order valence-corrected chi connectivity index (χ0v) is 19.7. The number of hydrogen-bond donors (Lipinski definition) is 1. The van der Waals surface area contributed by atoms with E-state index in [0.29, 0.717) is 6.42 Å². The first-order valence-corrected chi connectivity index (χ1v) is 12.7. The molecular weight excluding hydrogens is 412 g/mol. The smallest absolute Gasteiger partial charge is 0.378 e. The van der Waals surface area contributed by atoms with Gasteiger partial charge in [0.1, 0.15) is 5.66 Å². The van der Waals surface area contributed by atoms with Crippen LogP contribution >= 0.6 is 7.14 Å². The molecule has 0 fully saturated rings. The van der Waals surface area contributed by atoms with Crippen LogP contribution in [0.4, 0.5) is 0 Å². The number of benzene rings is 3. The molecule has 0 bridgehead atoms. The van der Waals surface area contributed by atoms with E-state index in [1.807, 2.05) is 97.9 Å². The molecule has 0 spiro atoms. The standard InChI is InChI=1S/C27H30BNO2P/c1-21(2)19-26(27(31)29(3)25(20-30)22-13-7-4-8-14-22)32(28,23-15-9-5-10-16-23)24-17-11-6-12-18-24/h4-18,25-26,30H,1,19-20H2,2-3H3/q+1/t25-,26-/m0/s1. The summed E-state index contributed by atoms with van der Waals surface area (Å²) in [6.45, 7) is 5.87. The monoisotopic (exact) mass is 442 g/mol. The second-order valence-electron chi connectivity index (χ2n) is 8.18. The fraction of sp³-hybridized carbons (Fsp3) is 0.222. The number of carbonyl (C=O) groups excluding carboxylic acids is 1. The Hall–Kier alpha value is -2.68. The topological polar surface area (TPSA) is 40.5 Å². The van der Waals surface area contributed by atoms with Crippen LogP contribution in [0.3, 0.4) is 0 Å². The van der Waals surface area contributed by atoms with Gasteiger partial charge in [-0.25, -0.2) is 0 Å². The van der Waals surface area contributed by atoms with E-state index in [1.165, 1.54) is 0 Å². The van der Waals surface area contributed by atoms with Crippen LogP contribution in [-0.4, -0.2) is 42.8 Å². The van der Waals surface area contributed by atoms with Crippen LogP contribution in [0.2, 0.25) is 0 Å². The van der Waals surface area contributed by atoms with E-state index in [4.69, 9.17) is 7.57 Å². The molecule has 162 valence electrons. The summed E-state index contributed by atoms with van der Waals surface area (Å²) in [7, 11) is 6.44. The van der Waals surface area contributed by atoms with Gasteiger partial charge in [-0.3, -0.25) is 4.79 Å². The summed E-state index contributed by atoms with van der Waals surface area (Å²) in [6.07, 6.45) is 0.476. The quantitative estimate of drug-likeness (QED) is 0.306. The molecule has 0 heterocycles. The van der Waals surface area contributed by atoms with Crippen molar-refractivity contribution in [1.82, 2.24) is 4.90 Å². The molecule has 2 radical (unpaired) electrons. The minimum atomic E-state index is -2.62. The number of rotatable bonds is 9. The predicted molar refractivity (Wildman–Crippen MR) is 137 cm³/mol. The fourth-order valence-corrected chi connectivity index (χ4v) is 7.59. The zero-order valence-electron chi connectivity index (χ0n) is 18.8. The molecule has 0 aliphatic carbocycles. The zero-order chi connectivity index (χ0) is 23.1. The molecule has 1 amide bonds. The Balaban J connectivity index is 2.11. The Morgan fingerprint density at radius 2 is 1.38 bits per heavy atom. The lowest BCUT2D eigenvalue weighted by atomic mass is 10.1. The van der Waals surface area contributed by atoms with Gasteiger partial charge >= 0.3 is 7.57 Å². The van der Waals surface area contributed by atoms with Gasteiger partial charge in [0.15, 0.2) is 0 Å². The van der Waals surface area contributed by atoms with E-state index in [-0.39, 0.29) is 12.5 Å². The van der Waals surface area contributed by atoms with Crippen molar-refractivity contribution in [2.75, 3.05) is 13.7 Å². The SMILES string of the molecule is [B][P+](c1ccccc1)(c1ccccc1)[C@@H](CC(=C)C)C(=O)N(C)[C@@H](CO)c1ccccc1. The molecule has 3 nitrogen and oxygen atoms in total. The molecule has 2 atom stereocenters. The van der Waals surface area contributed by atoms with Gasteiger partial charge in [0.05, 0.1) is 23.3 Å². The predicted octanol–water partition coefficient (Wildman–Crippen LogP) is 4.27. The first-order valence-electron chi connectivity index (χ1n) is 10.7. The van der Waals surface area contributed by atoms with Crippen LogP contribution in [-0.2, 0) is 4.79 Å². The van der Waals surface area contributed by atoms with Gasteiger partial charge in [0.2, 0.25) is 0 Å². The third-order valence-corrected chi connectivity index (χ3v) is 9.55. The van der Waals surface area contributed by atoms with E-state index in [9.17, 15) is 9.90 Å². The van der Waals surface area contributed by atoms with Crippen LogP contribution in [0.1, 0.15) is 24.9 Å². The molecule has 0 saturated heterocycles. The van der Waals surface area contributed by atoms with E-state index in [1.54, 1.807) is 11.9 Å². The Morgan fingerprint density at radius 1 is 0.938 bits per heavy atom. The van der Waals surface area contributed by atoms with Gasteiger partial charge in [0, 0.05) is 20.6 Å². The maximum absolute atomic E-state index is 14.1. The number of nitrogens with zero attached hydrogens (tertiary/aromatic N) is 1. The number of aliphatic hydroxyl groups is 1. The van der Waals surface area contributed by atoms with Crippen molar-refractivity contribution in [3.8, 4) is 0 Å². The molecule has 32 heavy (non-hydrogen) atoms. The Labute approximate surface area is 193 Å². The molecule has 1 N–H and O–H groups in total. The van der Waals surface area contributed by atoms with Gasteiger partial charge in [-0.1, -0.05) is 78.9 Å². The molecule has 3 rings (SSSR count). The summed E-state index contributed by atoms with van der Waals surface area (Å²) in [5.41, 5.74) is 1.30. The summed E-state index contributed by atoms with van der Waals surface area (Å²) in [5, 5.41) is 12.1. The lowest BCUT2D eigenvalue weighted by Gasteiger charge is -2.36. The van der Waals surface area contributed by atoms with Crippen molar-refractivity contribution in [1.29, 1.82) is 0 Å². The second kappa shape index (κ2) is 10.8. The number of likely N-dealkylation sites (N-methyl/N-ethyl adjacent to an activating group) is 1. The van der Waals surface area contributed by atoms with Crippen molar-refractivity contribution >= 4 is 31.2 Å². The minimum Gasteiger partial charge on any atom is -0.394 e. The average molecular weight is 442 g/mol. The van der Waals surface area contributed by atoms with Crippen LogP contribution in [0, 0.1) is 0 Å². The molecular formula is C27H30BNO2P+. The molecule has 5 heteroatoms. The van der Waals surface area contributed by atoms with Crippen molar-refractivity contribution in [2.24, 2.45) is 0 Å². The lowest BCUT2D eigenvalue weighted by Crippen LogP contribution is -2.45. The van der Waals surface area contributed by atoms with E-state index >= 15 is 0 Å². The maximum Gasteiger partial charge on any atom is 0.378 e. The Kier molecular flexibility index (Phi) is 8.07. The third kappa shape index (κ3) is 5.04. The molecule has 0 aliphatic rings. The highest BCUT2D eigenvalue weighted by Crippen LogP contribution is 2.58. The minimum absolute atomic E-state index is 0.0838. The van der Waals surface area contributed by atoms with Crippen molar-refractivity contribution in [3.63, 3.8) is 0 Å². The van der Waals surface area contributed by atoms with E-state index in [2.05, 4.69) is 6.58 Å². The maximum atomic E-state index is 14.1. The number of aliphatic hydroxyl groups excluding tert-OH is 1. The van der Waals surface area contributed by atoms with Crippen LogP contribution in [0.15, 0.2) is 103 Å². The van der Waals surface area contributed by atoms with E-state index in [0.717, 1.165) is 21.7 Å². The summed E-state index contributed by atoms with van der Waals surface area (Å²) in [5.74, 6) is -0.0838. The average Bonchev–Trinajstić information content (AvgIpc) is 2.83. The van der Waals surface area contributed by atoms with Crippen molar-refractivity contribution in [3.05, 3.63) is 109 Å². The molecule has 0 aliphatic heterocycles. The number of hydrogen-bond acceptors (Lipinski definition) is 2. The molecule has 3 aromatic rings. The summed E-state index contributed by atoms with van der Waals surface area (Å²) < 4.78 is 0. The van der Waals surface area contributed by atoms with Crippen LogP contribution in [0.5, 0.6) is 0 Å². The normalized spacial score (nSPS) is 13.2. The first kappa shape index (κ1) is 24.0. The highest BCUT2D eigenvalue weighted by atomic mass is 31.2. The van der Waals surface area contributed by atoms with Gasteiger partial charge in [-0.2, -0.15) is 0 Å². The van der Waals surface area contributed by atoms with E-state index < -0.39 is 18.8 Å². The molecule has 0 saturated carbocycles. The first-order chi connectivity index (χ1) is 15.4. The number of amides is 1. The van der Waals surface area contributed by atoms with Gasteiger partial charge in [-0.15, -0.1) is 0 Å². The van der Waals surface area contributed by atoms with Crippen molar-refractivity contribution in [2.45, 2.75) is 25.0 Å². The second-order valence-corrected chi connectivity index (χ2v) is 11.4. The fourth-order valence-electron chi connectivity index (χ4n) is 4.11. The molecule has 0 unspecified atom stereocenters. The summed E-state index contributed by atoms with van der Waals surface area (Å²) in [4.78, 5) is 15.7. The Morgan fingerprint density at radius 3 is 1.78 bits per heavy atom. The highest BCUT2D eigenvalue weighted by Gasteiger charge is 2.50. The van der Waals surface area contributed by atoms with Gasteiger partial charge < -0.3 is 10.0 Å². The van der Waals surface area contributed by atoms with Gasteiger partial charge in [-0.05, 0) is 36.8 Å². The van der Waals surface area contributed by atoms with Gasteiger partial charge in [0.25, 0.3) is 5.91 Å². The lowest BCUT2D eigenvalue weighted by molar-refractivity contribution is -0.132.